The minimum atomic E-state index is -2.91. The van der Waals surface area contributed by atoms with Crippen molar-refractivity contribution in [3.8, 4) is 11.8 Å². The normalized spacial score (nSPS) is 15.0. The van der Waals surface area contributed by atoms with E-state index in [1.54, 1.807) is 6.07 Å². The zero-order valence-electron chi connectivity index (χ0n) is 16.7. The Kier molecular flexibility index (Phi) is 5.50. The number of hydrogen-bond donors (Lipinski definition) is 0. The average Bonchev–Trinajstić information content (AvgIpc) is 3.05. The molecule has 0 atom stereocenters. The molecule has 0 saturated carbocycles. The Morgan fingerprint density at radius 1 is 1.23 bits per heavy atom. The second-order valence-electron chi connectivity index (χ2n) is 7.26. The van der Waals surface area contributed by atoms with Crippen LogP contribution in [0.15, 0.2) is 28.9 Å². The molecule has 1 aromatic carbocycles. The Morgan fingerprint density at radius 3 is 2.63 bits per heavy atom. The van der Waals surface area contributed by atoms with Crippen LogP contribution in [-0.4, -0.2) is 47.8 Å². The molecule has 4 rings (SSSR count). The molecule has 2 aromatic heterocycles. The maximum atomic E-state index is 12.7. The van der Waals surface area contributed by atoms with E-state index < -0.39 is 6.61 Å². The van der Waals surface area contributed by atoms with Crippen LogP contribution in [0.5, 0.6) is 5.75 Å². The first-order valence-electron chi connectivity index (χ1n) is 9.63. The van der Waals surface area contributed by atoms with Gasteiger partial charge in [0.1, 0.15) is 17.6 Å². The lowest BCUT2D eigenvalue weighted by molar-refractivity contribution is -0.0497. The Hall–Kier alpha value is -3.25. The van der Waals surface area contributed by atoms with Gasteiger partial charge in [-0.25, -0.2) is 0 Å². The molecule has 0 radical (unpaired) electrons. The van der Waals surface area contributed by atoms with Gasteiger partial charge in [-0.3, -0.25) is 9.88 Å². The fourth-order valence-electron chi connectivity index (χ4n) is 3.84. The molecule has 0 amide bonds. The highest BCUT2D eigenvalue weighted by molar-refractivity contribution is 5.95. The summed E-state index contributed by atoms with van der Waals surface area (Å²) >= 11 is 0. The second-order valence-corrected chi connectivity index (χ2v) is 7.26. The molecule has 0 unspecified atom stereocenters. The zero-order valence-corrected chi connectivity index (χ0v) is 16.7. The summed E-state index contributed by atoms with van der Waals surface area (Å²) in [6.07, 6.45) is 1.53. The van der Waals surface area contributed by atoms with Gasteiger partial charge in [0.25, 0.3) is 0 Å². The molecule has 1 saturated heterocycles. The van der Waals surface area contributed by atoms with Crippen LogP contribution in [0.2, 0.25) is 0 Å². The van der Waals surface area contributed by atoms with Crippen molar-refractivity contribution in [1.29, 1.82) is 5.26 Å². The topological polar surface area (TPSA) is 78.4 Å². The number of hydrogen-bond acceptors (Lipinski definition) is 7. The van der Waals surface area contributed by atoms with Gasteiger partial charge < -0.3 is 14.2 Å². The van der Waals surface area contributed by atoms with Crippen LogP contribution in [0.1, 0.15) is 22.6 Å². The standard InChI is InChI=1S/C21H21F2N5O2/c1-13-18(14(2)30-26-13)12-27-5-7-28(8-6-27)20-15(10-24)11-25-19-4-3-16(9-17(19)20)29-21(22)23/h3-4,9,11,21H,5-8,12H2,1-2H3. The number of pyridine rings is 1. The van der Waals surface area contributed by atoms with Gasteiger partial charge in [0.05, 0.1) is 22.5 Å². The van der Waals surface area contributed by atoms with E-state index in [0.717, 1.165) is 36.7 Å². The van der Waals surface area contributed by atoms with Crippen LogP contribution in [0.3, 0.4) is 0 Å². The van der Waals surface area contributed by atoms with Crippen LogP contribution in [-0.2, 0) is 6.54 Å². The molecule has 1 aliphatic heterocycles. The minimum Gasteiger partial charge on any atom is -0.435 e. The van der Waals surface area contributed by atoms with E-state index in [9.17, 15) is 14.0 Å². The number of ether oxygens (including phenoxy) is 1. The Balaban J connectivity index is 1.59. The Bertz CT molecular complexity index is 1080. The van der Waals surface area contributed by atoms with Crippen molar-refractivity contribution in [2.45, 2.75) is 27.0 Å². The molecule has 0 spiro atoms. The number of aromatic nitrogens is 2. The third-order valence-corrected chi connectivity index (χ3v) is 5.41. The first kappa shape index (κ1) is 20.0. The summed E-state index contributed by atoms with van der Waals surface area (Å²) in [5.41, 5.74) is 3.75. The van der Waals surface area contributed by atoms with Crippen molar-refractivity contribution >= 4 is 16.6 Å². The van der Waals surface area contributed by atoms with E-state index in [0.29, 0.717) is 35.2 Å². The third-order valence-electron chi connectivity index (χ3n) is 5.41. The summed E-state index contributed by atoms with van der Waals surface area (Å²) in [7, 11) is 0. The lowest BCUT2D eigenvalue weighted by Gasteiger charge is -2.36. The highest BCUT2D eigenvalue weighted by atomic mass is 19.3. The highest BCUT2D eigenvalue weighted by Gasteiger charge is 2.24. The highest BCUT2D eigenvalue weighted by Crippen LogP contribution is 2.33. The number of benzene rings is 1. The third kappa shape index (κ3) is 3.91. The number of alkyl halides is 2. The SMILES string of the molecule is Cc1noc(C)c1CN1CCN(c2c(C#N)cnc3ccc(OC(F)F)cc23)CC1. The summed E-state index contributed by atoms with van der Waals surface area (Å²) in [5, 5.41) is 14.3. The number of anilines is 1. The summed E-state index contributed by atoms with van der Waals surface area (Å²) in [4.78, 5) is 8.71. The number of piperazine rings is 1. The molecule has 30 heavy (non-hydrogen) atoms. The first-order chi connectivity index (χ1) is 14.5. The number of nitriles is 1. The van der Waals surface area contributed by atoms with E-state index in [1.165, 1.54) is 18.3 Å². The van der Waals surface area contributed by atoms with Crippen LogP contribution in [0, 0.1) is 25.2 Å². The van der Waals surface area contributed by atoms with Crippen molar-refractivity contribution in [2.75, 3.05) is 31.1 Å². The monoisotopic (exact) mass is 413 g/mol. The molecule has 3 aromatic rings. The number of fused-ring (bicyclic) bond motifs is 1. The minimum absolute atomic E-state index is 0.0488. The smallest absolute Gasteiger partial charge is 0.387 e. The van der Waals surface area contributed by atoms with E-state index >= 15 is 0 Å². The van der Waals surface area contributed by atoms with Gasteiger partial charge >= 0.3 is 6.61 Å². The fraction of sp³-hybridized carbons (Fsp3) is 0.381. The molecule has 0 aliphatic carbocycles. The second kappa shape index (κ2) is 8.24. The largest absolute Gasteiger partial charge is 0.435 e. The molecule has 0 bridgehead atoms. The lowest BCUT2D eigenvalue weighted by Crippen LogP contribution is -2.46. The van der Waals surface area contributed by atoms with Gasteiger partial charge in [0, 0.05) is 49.9 Å². The maximum Gasteiger partial charge on any atom is 0.387 e. The molecule has 1 aliphatic rings. The Morgan fingerprint density at radius 2 is 2.00 bits per heavy atom. The lowest BCUT2D eigenvalue weighted by atomic mass is 10.1. The van der Waals surface area contributed by atoms with E-state index in [-0.39, 0.29) is 5.75 Å². The van der Waals surface area contributed by atoms with E-state index in [2.05, 4.69) is 30.7 Å². The molecule has 0 N–H and O–H groups in total. The summed E-state index contributed by atoms with van der Waals surface area (Å²) in [6, 6.07) is 6.80. The van der Waals surface area contributed by atoms with Crippen molar-refractivity contribution in [2.24, 2.45) is 0 Å². The van der Waals surface area contributed by atoms with Crippen molar-refractivity contribution in [3.05, 3.63) is 47.0 Å². The summed E-state index contributed by atoms with van der Waals surface area (Å²) < 4.78 is 35.1. The zero-order chi connectivity index (χ0) is 21.3. The molecule has 3 heterocycles. The number of nitrogens with zero attached hydrogens (tertiary/aromatic N) is 5. The Labute approximate surface area is 172 Å². The van der Waals surface area contributed by atoms with Crippen LogP contribution < -0.4 is 9.64 Å². The maximum absolute atomic E-state index is 12.7. The summed E-state index contributed by atoms with van der Waals surface area (Å²) in [5.74, 6) is 0.876. The van der Waals surface area contributed by atoms with Gasteiger partial charge in [-0.15, -0.1) is 0 Å². The summed E-state index contributed by atoms with van der Waals surface area (Å²) in [6.45, 7) is 4.64. The molecular formula is C21H21F2N5O2. The van der Waals surface area contributed by atoms with Gasteiger partial charge in [0.2, 0.25) is 0 Å². The van der Waals surface area contributed by atoms with Crippen LogP contribution in [0.25, 0.3) is 10.9 Å². The molecule has 156 valence electrons. The van der Waals surface area contributed by atoms with Gasteiger partial charge in [0.15, 0.2) is 0 Å². The predicted molar refractivity (Wildman–Crippen MR) is 107 cm³/mol. The fourth-order valence-corrected chi connectivity index (χ4v) is 3.84. The number of rotatable bonds is 5. The number of aryl methyl sites for hydroxylation is 2. The van der Waals surface area contributed by atoms with Crippen molar-refractivity contribution in [1.82, 2.24) is 15.0 Å². The molecular weight excluding hydrogens is 392 g/mol. The quantitative estimate of drug-likeness (QED) is 0.632. The molecule has 1 fully saturated rings. The van der Waals surface area contributed by atoms with Gasteiger partial charge in [-0.1, -0.05) is 5.16 Å². The first-order valence-corrected chi connectivity index (χ1v) is 9.63. The van der Waals surface area contributed by atoms with Gasteiger partial charge in [-0.2, -0.15) is 14.0 Å². The van der Waals surface area contributed by atoms with Crippen molar-refractivity contribution in [3.63, 3.8) is 0 Å². The van der Waals surface area contributed by atoms with E-state index in [4.69, 9.17) is 4.52 Å². The average molecular weight is 413 g/mol. The van der Waals surface area contributed by atoms with Crippen molar-refractivity contribution < 1.29 is 18.0 Å². The van der Waals surface area contributed by atoms with Gasteiger partial charge in [-0.05, 0) is 32.0 Å². The van der Waals surface area contributed by atoms with Crippen LogP contribution in [0.4, 0.5) is 14.5 Å². The van der Waals surface area contributed by atoms with E-state index in [1.807, 2.05) is 13.8 Å². The number of halogens is 2. The molecule has 7 nitrogen and oxygen atoms in total. The predicted octanol–water partition coefficient (Wildman–Crippen LogP) is 3.63. The van der Waals surface area contributed by atoms with Crippen LogP contribution >= 0.6 is 0 Å². The molecule has 9 heteroatoms.